The van der Waals surface area contributed by atoms with Crippen LogP contribution in [-0.2, 0) is 25.7 Å². The van der Waals surface area contributed by atoms with Gasteiger partial charge in [0.1, 0.15) is 36.6 Å². The molecule has 1 rings (SSSR count). The lowest BCUT2D eigenvalue weighted by Crippen LogP contribution is -2.51. The number of hydrogen-bond donors (Lipinski definition) is 7. The van der Waals surface area contributed by atoms with E-state index in [1.54, 1.807) is 51.1 Å². The highest BCUT2D eigenvalue weighted by atomic mass is 16.6. The summed E-state index contributed by atoms with van der Waals surface area (Å²) >= 11 is 0. The third-order valence-electron chi connectivity index (χ3n) is 4.42. The molecule has 1 aromatic rings. The average molecular weight is 487 g/mol. The quantitative estimate of drug-likeness (QED) is 0.172. The fourth-order valence-corrected chi connectivity index (χ4v) is 2.63. The van der Waals surface area contributed by atoms with Gasteiger partial charge < -0.3 is 45.6 Å². The maximum Gasteiger partial charge on any atom is 0.408 e. The molecule has 1 aromatic carbocycles. The molecule has 12 heteroatoms. The van der Waals surface area contributed by atoms with E-state index in [2.05, 4.69) is 10.6 Å². The van der Waals surface area contributed by atoms with Crippen LogP contribution in [0, 0.1) is 0 Å². The van der Waals surface area contributed by atoms with Crippen molar-refractivity contribution in [1.29, 1.82) is 0 Å². The molecule has 0 aliphatic rings. The zero-order chi connectivity index (χ0) is 25.9. The van der Waals surface area contributed by atoms with E-state index in [1.807, 2.05) is 0 Å². The predicted molar refractivity (Wildman–Crippen MR) is 118 cm³/mol. The number of hydrogen-bond acceptors (Lipinski definition) is 10. The van der Waals surface area contributed by atoms with Crippen molar-refractivity contribution in [1.82, 2.24) is 10.6 Å². The van der Waals surface area contributed by atoms with E-state index in [0.29, 0.717) is 5.56 Å². The molecule has 0 unspecified atom stereocenters. The number of carbonyl (C=O) groups is 3. The molecule has 0 radical (unpaired) electrons. The van der Waals surface area contributed by atoms with Gasteiger partial charge >= 0.3 is 12.1 Å². The Labute approximate surface area is 197 Å². The summed E-state index contributed by atoms with van der Waals surface area (Å²) in [6.45, 7) is 3.38. The normalized spacial score (nSPS) is 15.9. The summed E-state index contributed by atoms with van der Waals surface area (Å²) in [5.41, 5.74) is -0.164. The molecule has 0 spiro atoms. The summed E-state index contributed by atoms with van der Waals surface area (Å²) < 4.78 is 10.3. The first-order valence-corrected chi connectivity index (χ1v) is 10.6. The minimum atomic E-state index is -1.87. The van der Waals surface area contributed by atoms with Gasteiger partial charge in [-0.25, -0.2) is 9.59 Å². The zero-order valence-corrected chi connectivity index (χ0v) is 19.4. The summed E-state index contributed by atoms with van der Waals surface area (Å²) in [4.78, 5) is 37.0. The molecule has 0 saturated carbocycles. The van der Waals surface area contributed by atoms with Crippen LogP contribution in [0.2, 0.25) is 0 Å². The van der Waals surface area contributed by atoms with Gasteiger partial charge in [-0.1, -0.05) is 30.3 Å². The second-order valence-corrected chi connectivity index (χ2v) is 8.60. The van der Waals surface area contributed by atoms with Crippen LogP contribution in [0.3, 0.4) is 0 Å². The number of amides is 2. The molecule has 0 aliphatic carbocycles. The molecule has 0 fully saturated rings. The van der Waals surface area contributed by atoms with Crippen LogP contribution in [0.15, 0.2) is 30.3 Å². The van der Waals surface area contributed by atoms with E-state index >= 15 is 0 Å². The fourth-order valence-electron chi connectivity index (χ4n) is 2.63. The van der Waals surface area contributed by atoms with E-state index in [4.69, 9.17) is 14.6 Å². The molecule has 34 heavy (non-hydrogen) atoms. The van der Waals surface area contributed by atoms with Gasteiger partial charge in [0.25, 0.3) is 0 Å². The van der Waals surface area contributed by atoms with Gasteiger partial charge in [0.05, 0.1) is 19.1 Å². The number of rotatable bonds is 12. The first kappa shape index (κ1) is 29.3. The predicted octanol–water partition coefficient (Wildman–Crippen LogP) is -1.43. The summed E-state index contributed by atoms with van der Waals surface area (Å²) in [6, 6.07) is 7.34. The first-order chi connectivity index (χ1) is 15.8. The van der Waals surface area contributed by atoms with Crippen LogP contribution in [0.4, 0.5) is 4.79 Å². The maximum atomic E-state index is 12.6. The van der Waals surface area contributed by atoms with Crippen molar-refractivity contribution >= 4 is 18.0 Å². The van der Waals surface area contributed by atoms with Crippen LogP contribution in [0.25, 0.3) is 0 Å². The Bertz CT molecular complexity index is 784. The van der Waals surface area contributed by atoms with Gasteiger partial charge in [-0.15, -0.1) is 0 Å². The summed E-state index contributed by atoms with van der Waals surface area (Å²) in [7, 11) is 0. The Kier molecular flexibility index (Phi) is 11.9. The van der Waals surface area contributed by atoms with Crippen molar-refractivity contribution in [3.05, 3.63) is 35.9 Å². The smallest absolute Gasteiger partial charge is 0.408 e. The molecule has 0 heterocycles. The first-order valence-electron chi connectivity index (χ1n) is 10.6. The fraction of sp³-hybridized carbons (Fsp3) is 0.591. The molecule has 7 N–H and O–H groups in total. The van der Waals surface area contributed by atoms with Crippen LogP contribution < -0.4 is 10.6 Å². The summed E-state index contributed by atoms with van der Waals surface area (Å²) in [5, 5.41) is 52.0. The van der Waals surface area contributed by atoms with Crippen molar-refractivity contribution in [3.8, 4) is 0 Å². The molecular weight excluding hydrogens is 452 g/mol. The topological polar surface area (TPSA) is 195 Å². The van der Waals surface area contributed by atoms with Gasteiger partial charge in [-0.2, -0.15) is 0 Å². The van der Waals surface area contributed by atoms with Crippen molar-refractivity contribution in [3.63, 3.8) is 0 Å². The molecule has 0 saturated heterocycles. The lowest BCUT2D eigenvalue weighted by Gasteiger charge is -2.26. The third kappa shape index (κ3) is 10.9. The van der Waals surface area contributed by atoms with Crippen molar-refractivity contribution in [2.24, 2.45) is 0 Å². The Hall–Kier alpha value is -2.77. The lowest BCUT2D eigenvalue weighted by molar-refractivity contribution is -0.149. The second kappa shape index (κ2) is 13.8. The van der Waals surface area contributed by atoms with Crippen LogP contribution in [0.1, 0.15) is 32.8 Å². The number of alkyl carbamates (subject to hydrolysis) is 1. The Morgan fingerprint density at radius 2 is 1.56 bits per heavy atom. The van der Waals surface area contributed by atoms with Gasteiger partial charge in [-0.05, 0) is 26.3 Å². The largest absolute Gasteiger partial charge is 0.459 e. The summed E-state index contributed by atoms with van der Waals surface area (Å²) in [5.74, 6) is -1.69. The number of benzene rings is 1. The van der Waals surface area contributed by atoms with Crippen molar-refractivity contribution < 1.29 is 49.4 Å². The van der Waals surface area contributed by atoms with E-state index < -0.39 is 73.6 Å². The molecule has 12 nitrogen and oxygen atoms in total. The molecule has 2 amide bonds. The number of carbonyl (C=O) groups excluding carboxylic acids is 3. The molecule has 0 aromatic heterocycles. The second-order valence-electron chi connectivity index (χ2n) is 8.60. The third-order valence-corrected chi connectivity index (χ3v) is 4.42. The molecule has 5 atom stereocenters. The van der Waals surface area contributed by atoms with E-state index in [1.165, 1.54) is 0 Å². The minimum Gasteiger partial charge on any atom is -0.459 e. The van der Waals surface area contributed by atoms with Gasteiger partial charge in [0, 0.05) is 6.54 Å². The highest BCUT2D eigenvalue weighted by Gasteiger charge is 2.31. The van der Waals surface area contributed by atoms with Crippen molar-refractivity contribution in [2.45, 2.75) is 69.9 Å². The molecule has 192 valence electrons. The highest BCUT2D eigenvalue weighted by Crippen LogP contribution is 2.09. The Balaban J connectivity index is 2.74. The van der Waals surface area contributed by atoms with E-state index in [0.717, 1.165) is 0 Å². The Morgan fingerprint density at radius 1 is 0.971 bits per heavy atom. The molecule has 0 aliphatic heterocycles. The highest BCUT2D eigenvalue weighted by molar-refractivity contribution is 5.88. The number of aliphatic hydroxyl groups is 5. The SMILES string of the molecule is CC(C)(C)OC(=O)N[C@@H](CC(=O)NC[C@H](O)[C@@H](O)[C@H](O)[C@H](O)CO)C(=O)OCc1ccccc1. The summed E-state index contributed by atoms with van der Waals surface area (Å²) in [6.07, 6.45) is -8.62. The van der Waals surface area contributed by atoms with Crippen LogP contribution in [0.5, 0.6) is 0 Å². The van der Waals surface area contributed by atoms with Crippen molar-refractivity contribution in [2.75, 3.05) is 13.2 Å². The number of ether oxygens (including phenoxy) is 2. The Morgan fingerprint density at radius 3 is 2.12 bits per heavy atom. The number of aliphatic hydroxyl groups excluding tert-OH is 5. The van der Waals surface area contributed by atoms with Crippen LogP contribution in [-0.4, -0.2) is 92.7 Å². The van der Waals surface area contributed by atoms with E-state index in [9.17, 15) is 34.8 Å². The number of esters is 1. The molecule has 0 bridgehead atoms. The maximum absolute atomic E-state index is 12.6. The van der Waals surface area contributed by atoms with Gasteiger partial charge in [0.2, 0.25) is 5.91 Å². The number of nitrogens with one attached hydrogen (secondary N) is 2. The standard InChI is InChI=1S/C22H34N2O10/c1-22(2,3)34-21(32)24-14(20(31)33-12-13-7-5-4-6-8-13)9-17(28)23-10-15(26)18(29)19(30)16(27)11-25/h4-8,14-16,18-19,25-27,29-30H,9-12H2,1-3H3,(H,23,28)(H,24,32)/t14-,15-,16+,18+,19+/m0/s1. The zero-order valence-electron chi connectivity index (χ0n) is 19.4. The van der Waals surface area contributed by atoms with E-state index in [-0.39, 0.29) is 6.61 Å². The van der Waals surface area contributed by atoms with Crippen LogP contribution >= 0.6 is 0 Å². The van der Waals surface area contributed by atoms with Gasteiger partial charge in [-0.3, -0.25) is 4.79 Å². The minimum absolute atomic E-state index is 0.0935. The monoisotopic (exact) mass is 486 g/mol. The van der Waals surface area contributed by atoms with Gasteiger partial charge in [0.15, 0.2) is 0 Å². The molecular formula is C22H34N2O10. The lowest BCUT2D eigenvalue weighted by atomic mass is 10.0. The average Bonchev–Trinajstić information content (AvgIpc) is 2.78.